The van der Waals surface area contributed by atoms with Gasteiger partial charge in [0.25, 0.3) is 0 Å². The molecule has 0 amide bonds. The molecule has 0 saturated carbocycles. The van der Waals surface area contributed by atoms with Crippen LogP contribution in [0.5, 0.6) is 0 Å². The highest BCUT2D eigenvalue weighted by atomic mass is 79.9. The predicted octanol–water partition coefficient (Wildman–Crippen LogP) is 5.81. The van der Waals surface area contributed by atoms with Gasteiger partial charge in [-0.05, 0) is 55.6 Å². The molecule has 0 aliphatic heterocycles. The summed E-state index contributed by atoms with van der Waals surface area (Å²) in [5.41, 5.74) is 4.82. The minimum absolute atomic E-state index is 0.150. The number of aryl methyl sites for hydroxylation is 2. The molecule has 0 aliphatic carbocycles. The Hall–Kier alpha value is -0.830. The van der Waals surface area contributed by atoms with Crippen molar-refractivity contribution in [3.8, 4) is 0 Å². The SMILES string of the molecule is CCCNC(c1ccc(C)c(Cl)c1)c1cc(C)ccc1Br. The summed E-state index contributed by atoms with van der Waals surface area (Å²) in [5, 5.41) is 4.45. The van der Waals surface area contributed by atoms with Gasteiger partial charge >= 0.3 is 0 Å². The summed E-state index contributed by atoms with van der Waals surface area (Å²) in [6.07, 6.45) is 1.10. The van der Waals surface area contributed by atoms with Crippen LogP contribution < -0.4 is 5.32 Å². The molecule has 112 valence electrons. The summed E-state index contributed by atoms with van der Waals surface area (Å²) in [6, 6.07) is 12.9. The smallest absolute Gasteiger partial charge is 0.0588 e. The molecule has 2 aromatic rings. The van der Waals surface area contributed by atoms with E-state index in [0.29, 0.717) is 0 Å². The molecule has 0 radical (unpaired) electrons. The van der Waals surface area contributed by atoms with Gasteiger partial charge in [0.05, 0.1) is 6.04 Å². The van der Waals surface area contributed by atoms with Crippen molar-refractivity contribution in [2.75, 3.05) is 6.54 Å². The largest absolute Gasteiger partial charge is 0.306 e. The van der Waals surface area contributed by atoms with E-state index in [2.05, 4.69) is 71.5 Å². The monoisotopic (exact) mass is 365 g/mol. The van der Waals surface area contributed by atoms with E-state index in [1.807, 2.05) is 6.92 Å². The minimum atomic E-state index is 0.150. The van der Waals surface area contributed by atoms with Crippen LogP contribution in [0.2, 0.25) is 5.02 Å². The van der Waals surface area contributed by atoms with Crippen molar-refractivity contribution in [3.63, 3.8) is 0 Å². The van der Waals surface area contributed by atoms with E-state index < -0.39 is 0 Å². The molecule has 1 unspecified atom stereocenters. The number of halogens is 2. The number of nitrogens with one attached hydrogen (secondary N) is 1. The molecule has 0 fully saturated rings. The van der Waals surface area contributed by atoms with Gasteiger partial charge in [-0.3, -0.25) is 0 Å². The van der Waals surface area contributed by atoms with Crippen molar-refractivity contribution in [2.45, 2.75) is 33.2 Å². The maximum Gasteiger partial charge on any atom is 0.0588 e. The topological polar surface area (TPSA) is 12.0 Å². The van der Waals surface area contributed by atoms with Crippen LogP contribution in [-0.2, 0) is 0 Å². The zero-order valence-corrected chi connectivity index (χ0v) is 15.1. The van der Waals surface area contributed by atoms with Gasteiger partial charge in [-0.15, -0.1) is 0 Å². The standard InChI is InChI=1S/C18H21BrClN/c1-4-9-21-18(14-7-6-13(3)17(20)11-14)15-10-12(2)5-8-16(15)19/h5-8,10-11,18,21H,4,9H2,1-3H3. The Balaban J connectivity index is 2.46. The van der Waals surface area contributed by atoms with E-state index in [0.717, 1.165) is 28.0 Å². The summed E-state index contributed by atoms with van der Waals surface area (Å²) in [4.78, 5) is 0. The second-order valence-corrected chi connectivity index (χ2v) is 6.68. The highest BCUT2D eigenvalue weighted by Crippen LogP contribution is 2.31. The molecule has 21 heavy (non-hydrogen) atoms. The molecule has 0 heterocycles. The second-order valence-electron chi connectivity index (χ2n) is 5.42. The van der Waals surface area contributed by atoms with Gasteiger partial charge in [0.2, 0.25) is 0 Å². The fraction of sp³-hybridized carbons (Fsp3) is 0.333. The maximum absolute atomic E-state index is 6.31. The van der Waals surface area contributed by atoms with E-state index in [-0.39, 0.29) is 6.04 Å². The molecule has 0 spiro atoms. The normalized spacial score (nSPS) is 12.4. The van der Waals surface area contributed by atoms with Gasteiger partial charge in [0.1, 0.15) is 0 Å². The first-order valence-corrected chi connectivity index (χ1v) is 8.45. The summed E-state index contributed by atoms with van der Waals surface area (Å²) in [7, 11) is 0. The lowest BCUT2D eigenvalue weighted by atomic mass is 9.96. The van der Waals surface area contributed by atoms with Crippen LogP contribution in [0.4, 0.5) is 0 Å². The van der Waals surface area contributed by atoms with Crippen LogP contribution in [0.3, 0.4) is 0 Å². The third-order valence-electron chi connectivity index (χ3n) is 3.59. The van der Waals surface area contributed by atoms with Crippen molar-refractivity contribution >= 4 is 27.5 Å². The van der Waals surface area contributed by atoms with Gasteiger partial charge in [0.15, 0.2) is 0 Å². The van der Waals surface area contributed by atoms with Crippen molar-refractivity contribution < 1.29 is 0 Å². The Morgan fingerprint density at radius 3 is 2.57 bits per heavy atom. The van der Waals surface area contributed by atoms with Gasteiger partial charge in [-0.1, -0.05) is 64.3 Å². The lowest BCUT2D eigenvalue weighted by Gasteiger charge is -2.22. The number of hydrogen-bond acceptors (Lipinski definition) is 1. The minimum Gasteiger partial charge on any atom is -0.306 e. The van der Waals surface area contributed by atoms with E-state index in [1.165, 1.54) is 16.7 Å². The molecule has 0 aromatic heterocycles. The first-order valence-electron chi connectivity index (χ1n) is 7.28. The van der Waals surface area contributed by atoms with Crippen molar-refractivity contribution in [2.24, 2.45) is 0 Å². The van der Waals surface area contributed by atoms with Crippen LogP contribution in [0.25, 0.3) is 0 Å². The quantitative estimate of drug-likeness (QED) is 0.704. The van der Waals surface area contributed by atoms with Gasteiger partial charge in [-0.2, -0.15) is 0 Å². The van der Waals surface area contributed by atoms with E-state index in [1.54, 1.807) is 0 Å². The Bertz CT molecular complexity index is 625. The van der Waals surface area contributed by atoms with Crippen molar-refractivity contribution in [3.05, 3.63) is 68.1 Å². The average molecular weight is 367 g/mol. The third kappa shape index (κ3) is 4.09. The molecule has 2 rings (SSSR count). The summed E-state index contributed by atoms with van der Waals surface area (Å²) in [6.45, 7) is 7.30. The maximum atomic E-state index is 6.31. The highest BCUT2D eigenvalue weighted by Gasteiger charge is 2.17. The molecule has 3 heteroatoms. The van der Waals surface area contributed by atoms with Crippen LogP contribution in [0.15, 0.2) is 40.9 Å². The molecular formula is C18H21BrClN. The van der Waals surface area contributed by atoms with Crippen LogP contribution in [0, 0.1) is 13.8 Å². The Morgan fingerprint density at radius 2 is 1.90 bits per heavy atom. The first kappa shape index (κ1) is 16.5. The molecule has 1 nitrogen and oxygen atoms in total. The Kier molecular flexibility index (Phi) is 5.86. The molecule has 1 N–H and O–H groups in total. The third-order valence-corrected chi connectivity index (χ3v) is 4.72. The summed E-state index contributed by atoms with van der Waals surface area (Å²) < 4.78 is 1.12. The molecule has 0 bridgehead atoms. The van der Waals surface area contributed by atoms with Crippen LogP contribution in [-0.4, -0.2) is 6.54 Å². The van der Waals surface area contributed by atoms with Crippen LogP contribution in [0.1, 0.15) is 41.6 Å². The van der Waals surface area contributed by atoms with E-state index >= 15 is 0 Å². The van der Waals surface area contributed by atoms with E-state index in [4.69, 9.17) is 11.6 Å². The average Bonchev–Trinajstić information content (AvgIpc) is 2.46. The number of benzene rings is 2. The van der Waals surface area contributed by atoms with Crippen LogP contribution >= 0.6 is 27.5 Å². The Morgan fingerprint density at radius 1 is 1.14 bits per heavy atom. The zero-order valence-electron chi connectivity index (χ0n) is 12.7. The first-order chi connectivity index (χ1) is 10.0. The summed E-state index contributed by atoms with van der Waals surface area (Å²) in [5.74, 6) is 0. The lowest BCUT2D eigenvalue weighted by molar-refractivity contribution is 0.596. The molecular weight excluding hydrogens is 346 g/mol. The van der Waals surface area contributed by atoms with Crippen molar-refractivity contribution in [1.82, 2.24) is 5.32 Å². The molecule has 0 aliphatic rings. The predicted molar refractivity (Wildman–Crippen MR) is 95.2 cm³/mol. The molecule has 0 saturated heterocycles. The summed E-state index contributed by atoms with van der Waals surface area (Å²) >= 11 is 9.99. The van der Waals surface area contributed by atoms with Gasteiger partial charge in [-0.25, -0.2) is 0 Å². The zero-order chi connectivity index (χ0) is 15.4. The fourth-order valence-corrected chi connectivity index (χ4v) is 3.03. The lowest BCUT2D eigenvalue weighted by Crippen LogP contribution is -2.23. The molecule has 2 aromatic carbocycles. The number of hydrogen-bond donors (Lipinski definition) is 1. The van der Waals surface area contributed by atoms with Crippen molar-refractivity contribution in [1.29, 1.82) is 0 Å². The van der Waals surface area contributed by atoms with Gasteiger partial charge < -0.3 is 5.32 Å². The second kappa shape index (κ2) is 7.44. The van der Waals surface area contributed by atoms with Gasteiger partial charge in [0, 0.05) is 9.50 Å². The molecule has 1 atom stereocenters. The van der Waals surface area contributed by atoms with E-state index in [9.17, 15) is 0 Å². The Labute approximate surface area is 140 Å². The number of rotatable bonds is 5. The fourth-order valence-electron chi connectivity index (χ4n) is 2.37. The highest BCUT2D eigenvalue weighted by molar-refractivity contribution is 9.10.